The molecule has 2 aromatic carbocycles. The summed E-state index contributed by atoms with van der Waals surface area (Å²) in [4.78, 5) is 28.7. The van der Waals surface area contributed by atoms with E-state index >= 15 is 0 Å². The molecule has 8 heteroatoms. The first-order valence-corrected chi connectivity index (χ1v) is 9.99. The van der Waals surface area contributed by atoms with Gasteiger partial charge in [0.15, 0.2) is 4.34 Å². The third-order valence-corrected chi connectivity index (χ3v) is 5.77. The van der Waals surface area contributed by atoms with Crippen LogP contribution in [0, 0.1) is 0 Å². The fourth-order valence-corrected chi connectivity index (χ4v) is 4.25. The number of fused-ring (bicyclic) bond motifs is 1. The standard InChI is InChI=1S/C18H15ClN2O3S2/c1-2-24-17(23)12-5-3-4-6-13(12)20-16(22)10-25-18-21-14-9-11(19)7-8-15(14)26-18/h3-9H,2,10H2,1H3,(H,20,22). The monoisotopic (exact) mass is 406 g/mol. The topological polar surface area (TPSA) is 68.3 Å². The Balaban J connectivity index is 1.64. The lowest BCUT2D eigenvalue weighted by molar-refractivity contribution is -0.113. The molecular weight excluding hydrogens is 392 g/mol. The van der Waals surface area contributed by atoms with E-state index in [0.29, 0.717) is 16.3 Å². The van der Waals surface area contributed by atoms with Gasteiger partial charge >= 0.3 is 5.97 Å². The van der Waals surface area contributed by atoms with Crippen LogP contribution in [0.1, 0.15) is 17.3 Å². The van der Waals surface area contributed by atoms with Crippen LogP contribution in [0.4, 0.5) is 5.69 Å². The van der Waals surface area contributed by atoms with E-state index in [0.717, 1.165) is 14.6 Å². The number of carbonyl (C=O) groups excluding carboxylic acids is 2. The van der Waals surface area contributed by atoms with Crippen molar-refractivity contribution in [2.24, 2.45) is 0 Å². The molecule has 0 aliphatic carbocycles. The first-order valence-electron chi connectivity index (χ1n) is 7.81. The van der Waals surface area contributed by atoms with Crippen molar-refractivity contribution < 1.29 is 14.3 Å². The molecule has 0 aliphatic rings. The van der Waals surface area contributed by atoms with E-state index in [2.05, 4.69) is 10.3 Å². The SMILES string of the molecule is CCOC(=O)c1ccccc1NC(=O)CSc1nc2cc(Cl)ccc2s1. The number of thioether (sulfide) groups is 1. The minimum Gasteiger partial charge on any atom is -0.462 e. The van der Waals surface area contributed by atoms with Crippen LogP contribution in [0.15, 0.2) is 46.8 Å². The molecule has 5 nitrogen and oxygen atoms in total. The number of ether oxygens (including phenoxy) is 1. The number of hydrogen-bond donors (Lipinski definition) is 1. The molecule has 0 bridgehead atoms. The largest absolute Gasteiger partial charge is 0.462 e. The third kappa shape index (κ3) is 4.55. The maximum atomic E-state index is 12.3. The Morgan fingerprint density at radius 2 is 2.08 bits per heavy atom. The quantitative estimate of drug-likeness (QED) is 0.467. The van der Waals surface area contributed by atoms with Crippen molar-refractivity contribution >= 4 is 62.5 Å². The van der Waals surface area contributed by atoms with E-state index in [-0.39, 0.29) is 18.3 Å². The Hall–Kier alpha value is -2.09. The first-order chi connectivity index (χ1) is 12.6. The molecule has 26 heavy (non-hydrogen) atoms. The fourth-order valence-electron chi connectivity index (χ4n) is 2.23. The van der Waals surface area contributed by atoms with Gasteiger partial charge in [-0.05, 0) is 37.3 Å². The fraction of sp³-hybridized carbons (Fsp3) is 0.167. The molecule has 0 saturated heterocycles. The second-order valence-electron chi connectivity index (χ2n) is 5.19. The van der Waals surface area contributed by atoms with Crippen LogP contribution in [0.2, 0.25) is 5.02 Å². The number of halogens is 1. The molecule has 0 saturated carbocycles. The lowest BCUT2D eigenvalue weighted by atomic mass is 10.2. The average Bonchev–Trinajstić information content (AvgIpc) is 3.02. The summed E-state index contributed by atoms with van der Waals surface area (Å²) < 4.78 is 6.81. The Morgan fingerprint density at radius 3 is 2.88 bits per heavy atom. The Morgan fingerprint density at radius 1 is 1.27 bits per heavy atom. The summed E-state index contributed by atoms with van der Waals surface area (Å²) in [7, 11) is 0. The van der Waals surface area contributed by atoms with Crippen molar-refractivity contribution in [1.29, 1.82) is 0 Å². The van der Waals surface area contributed by atoms with Gasteiger partial charge in [0, 0.05) is 5.02 Å². The second kappa shape index (κ2) is 8.53. The second-order valence-corrected chi connectivity index (χ2v) is 7.88. The van der Waals surface area contributed by atoms with E-state index < -0.39 is 5.97 Å². The van der Waals surface area contributed by atoms with Crippen molar-refractivity contribution in [3.05, 3.63) is 53.1 Å². The number of anilines is 1. The third-order valence-electron chi connectivity index (χ3n) is 3.35. The highest BCUT2D eigenvalue weighted by atomic mass is 35.5. The van der Waals surface area contributed by atoms with Gasteiger partial charge in [0.05, 0.1) is 33.8 Å². The van der Waals surface area contributed by atoms with Gasteiger partial charge < -0.3 is 10.1 Å². The summed E-state index contributed by atoms with van der Waals surface area (Å²) in [5.41, 5.74) is 1.59. The molecule has 0 unspecified atom stereocenters. The number of nitrogens with zero attached hydrogens (tertiary/aromatic N) is 1. The number of thiazole rings is 1. The molecule has 1 heterocycles. The minimum atomic E-state index is -0.459. The summed E-state index contributed by atoms with van der Waals surface area (Å²) in [6, 6.07) is 12.3. The lowest BCUT2D eigenvalue weighted by Crippen LogP contribution is -2.17. The maximum Gasteiger partial charge on any atom is 0.340 e. The van der Waals surface area contributed by atoms with E-state index in [1.807, 2.05) is 12.1 Å². The summed E-state index contributed by atoms with van der Waals surface area (Å²) in [5.74, 6) is -0.492. The van der Waals surface area contributed by atoms with Crippen molar-refractivity contribution in [2.75, 3.05) is 17.7 Å². The van der Waals surface area contributed by atoms with Crippen molar-refractivity contribution in [3.63, 3.8) is 0 Å². The summed E-state index contributed by atoms with van der Waals surface area (Å²) >= 11 is 8.81. The van der Waals surface area contributed by atoms with Crippen molar-refractivity contribution in [1.82, 2.24) is 4.98 Å². The van der Waals surface area contributed by atoms with Gasteiger partial charge in [0.1, 0.15) is 0 Å². The average molecular weight is 407 g/mol. The molecule has 0 atom stereocenters. The van der Waals surface area contributed by atoms with E-state index in [1.165, 1.54) is 23.1 Å². The van der Waals surface area contributed by atoms with Crippen LogP contribution < -0.4 is 5.32 Å². The number of para-hydroxylation sites is 1. The number of carbonyl (C=O) groups is 2. The van der Waals surface area contributed by atoms with Crippen LogP contribution in [0.5, 0.6) is 0 Å². The highest BCUT2D eigenvalue weighted by Gasteiger charge is 2.14. The molecule has 1 N–H and O–H groups in total. The molecular formula is C18H15ClN2O3S2. The highest BCUT2D eigenvalue weighted by molar-refractivity contribution is 8.01. The zero-order valence-electron chi connectivity index (χ0n) is 13.8. The summed E-state index contributed by atoms with van der Waals surface area (Å²) in [6.07, 6.45) is 0. The predicted molar refractivity (Wildman–Crippen MR) is 106 cm³/mol. The van der Waals surface area contributed by atoms with Crippen LogP contribution in [0.3, 0.4) is 0 Å². The van der Waals surface area contributed by atoms with Gasteiger partial charge in [-0.2, -0.15) is 0 Å². The Labute approximate surface area is 163 Å². The van der Waals surface area contributed by atoms with Crippen LogP contribution in [0.25, 0.3) is 10.2 Å². The minimum absolute atomic E-state index is 0.185. The molecule has 0 spiro atoms. The predicted octanol–water partition coefficient (Wildman–Crippen LogP) is 4.86. The number of rotatable bonds is 6. The lowest BCUT2D eigenvalue weighted by Gasteiger charge is -2.09. The first kappa shape index (κ1) is 18.7. The zero-order chi connectivity index (χ0) is 18.5. The summed E-state index contributed by atoms with van der Waals surface area (Å²) in [5, 5.41) is 3.39. The summed E-state index contributed by atoms with van der Waals surface area (Å²) in [6.45, 7) is 2.01. The van der Waals surface area contributed by atoms with Crippen molar-refractivity contribution in [3.8, 4) is 0 Å². The Kier molecular flexibility index (Phi) is 6.13. The number of nitrogens with one attached hydrogen (secondary N) is 1. The number of aromatic nitrogens is 1. The molecule has 134 valence electrons. The van der Waals surface area contributed by atoms with Gasteiger partial charge in [-0.25, -0.2) is 9.78 Å². The van der Waals surface area contributed by atoms with E-state index in [4.69, 9.17) is 16.3 Å². The number of hydrogen-bond acceptors (Lipinski definition) is 6. The highest BCUT2D eigenvalue weighted by Crippen LogP contribution is 2.31. The number of amides is 1. The molecule has 1 amide bonds. The number of esters is 1. The van der Waals surface area contributed by atoms with E-state index in [1.54, 1.807) is 37.3 Å². The molecule has 0 aliphatic heterocycles. The van der Waals surface area contributed by atoms with Crippen LogP contribution in [-0.4, -0.2) is 29.2 Å². The molecule has 3 aromatic rings. The normalized spacial score (nSPS) is 10.7. The molecule has 1 aromatic heterocycles. The molecule has 0 radical (unpaired) electrons. The molecule has 3 rings (SSSR count). The molecule has 0 fully saturated rings. The van der Waals surface area contributed by atoms with Crippen LogP contribution in [-0.2, 0) is 9.53 Å². The van der Waals surface area contributed by atoms with Gasteiger partial charge in [-0.3, -0.25) is 4.79 Å². The van der Waals surface area contributed by atoms with Gasteiger partial charge in [-0.1, -0.05) is 35.5 Å². The van der Waals surface area contributed by atoms with Gasteiger partial charge in [0.25, 0.3) is 0 Å². The number of benzene rings is 2. The smallest absolute Gasteiger partial charge is 0.340 e. The maximum absolute atomic E-state index is 12.3. The van der Waals surface area contributed by atoms with E-state index in [9.17, 15) is 9.59 Å². The van der Waals surface area contributed by atoms with Gasteiger partial charge in [0.2, 0.25) is 5.91 Å². The van der Waals surface area contributed by atoms with Gasteiger partial charge in [-0.15, -0.1) is 11.3 Å². The van der Waals surface area contributed by atoms with Crippen molar-refractivity contribution in [2.45, 2.75) is 11.3 Å². The zero-order valence-corrected chi connectivity index (χ0v) is 16.2. The Bertz CT molecular complexity index is 959. The van der Waals surface area contributed by atoms with Crippen LogP contribution >= 0.6 is 34.7 Å².